The van der Waals surface area contributed by atoms with Crippen LogP contribution in [0.5, 0.6) is 0 Å². The molecule has 1 aliphatic carbocycles. The highest BCUT2D eigenvalue weighted by Crippen LogP contribution is 2.40. The zero-order valence-corrected chi connectivity index (χ0v) is 19.3. The number of anilines is 1. The Kier molecular flexibility index (Phi) is 6.86. The van der Waals surface area contributed by atoms with Crippen molar-refractivity contribution in [3.8, 4) is 10.4 Å². The molecule has 32 heavy (non-hydrogen) atoms. The Hall–Kier alpha value is -2.38. The molecule has 0 aliphatic heterocycles. The number of rotatable bonds is 5. The van der Waals surface area contributed by atoms with E-state index in [1.165, 1.54) is 17.0 Å². The largest absolute Gasteiger partial charge is 0.477 e. The number of carbonyl (C=O) groups excluding carboxylic acids is 1. The number of benzene rings is 2. The van der Waals surface area contributed by atoms with Gasteiger partial charge in [-0.1, -0.05) is 66.4 Å². The number of thiophene rings is 1. The molecule has 0 saturated heterocycles. The van der Waals surface area contributed by atoms with Gasteiger partial charge in [-0.15, -0.1) is 11.3 Å². The molecule has 4 rings (SSSR count). The molecule has 0 radical (unpaired) electrons. The van der Waals surface area contributed by atoms with Gasteiger partial charge in [-0.25, -0.2) is 4.79 Å². The normalized spacial score (nSPS) is 18.3. The third-order valence-corrected chi connectivity index (χ3v) is 7.34. The van der Waals surface area contributed by atoms with E-state index in [-0.39, 0.29) is 21.2 Å². The van der Waals surface area contributed by atoms with E-state index in [0.29, 0.717) is 17.9 Å². The first-order chi connectivity index (χ1) is 15.4. The van der Waals surface area contributed by atoms with Gasteiger partial charge in [-0.3, -0.25) is 4.79 Å². The van der Waals surface area contributed by atoms with Crippen LogP contribution in [0, 0.1) is 0 Å². The van der Waals surface area contributed by atoms with Crippen molar-refractivity contribution in [2.45, 2.75) is 37.8 Å². The van der Waals surface area contributed by atoms with Crippen LogP contribution in [0.15, 0.2) is 54.6 Å². The Morgan fingerprint density at radius 3 is 2.38 bits per heavy atom. The number of aliphatic hydroxyl groups excluding tert-OH is 1. The predicted molar refractivity (Wildman–Crippen MR) is 128 cm³/mol. The second kappa shape index (κ2) is 9.63. The molecule has 0 spiro atoms. The van der Waals surface area contributed by atoms with Gasteiger partial charge in [0.25, 0.3) is 5.91 Å². The van der Waals surface area contributed by atoms with Crippen LogP contribution in [-0.4, -0.2) is 34.2 Å². The topological polar surface area (TPSA) is 77.8 Å². The maximum Gasteiger partial charge on any atom is 0.348 e. The molecule has 2 N–H and O–H groups in total. The van der Waals surface area contributed by atoms with Crippen molar-refractivity contribution in [3.05, 3.63) is 75.1 Å². The van der Waals surface area contributed by atoms with Crippen molar-refractivity contribution < 1.29 is 19.8 Å². The minimum absolute atomic E-state index is 0.0417. The lowest BCUT2D eigenvalue weighted by atomic mass is 9.90. The summed E-state index contributed by atoms with van der Waals surface area (Å²) in [6.07, 6.45) is 2.03. The second-order valence-electron chi connectivity index (χ2n) is 7.71. The fourth-order valence-electron chi connectivity index (χ4n) is 4.08. The summed E-state index contributed by atoms with van der Waals surface area (Å²) >= 11 is 13.4. The van der Waals surface area contributed by atoms with E-state index in [9.17, 15) is 19.8 Å². The number of carbonyl (C=O) groups is 2. The number of carboxylic acids is 1. The highest BCUT2D eigenvalue weighted by Gasteiger charge is 2.37. The Labute approximate surface area is 199 Å². The van der Waals surface area contributed by atoms with Crippen molar-refractivity contribution in [1.29, 1.82) is 0 Å². The number of aliphatic hydroxyl groups is 1. The summed E-state index contributed by atoms with van der Waals surface area (Å²) in [7, 11) is 0. The molecule has 166 valence electrons. The molecule has 1 amide bonds. The summed E-state index contributed by atoms with van der Waals surface area (Å²) in [5, 5.41) is 21.3. The molecule has 1 heterocycles. The Balaban J connectivity index is 1.87. The quantitative estimate of drug-likeness (QED) is 0.436. The summed E-state index contributed by atoms with van der Waals surface area (Å²) in [6, 6.07) is 15.1. The van der Waals surface area contributed by atoms with Crippen molar-refractivity contribution >= 4 is 52.1 Å². The fourth-order valence-corrected chi connectivity index (χ4v) is 5.57. The zero-order valence-electron chi connectivity index (χ0n) is 17.0. The third-order valence-electron chi connectivity index (χ3n) is 5.63. The maximum atomic E-state index is 13.7. The van der Waals surface area contributed by atoms with E-state index < -0.39 is 24.0 Å². The highest BCUT2D eigenvalue weighted by molar-refractivity contribution is 7.18. The van der Waals surface area contributed by atoms with E-state index in [0.717, 1.165) is 34.6 Å². The first kappa shape index (κ1) is 22.8. The van der Waals surface area contributed by atoms with E-state index in [1.807, 2.05) is 30.3 Å². The SMILES string of the molecule is O=C(O)c1sc(-c2ccccc2)cc1N(C(=O)c1ccc(Cl)cc1Cl)C1CCCCC1O. The highest BCUT2D eigenvalue weighted by atomic mass is 35.5. The van der Waals surface area contributed by atoms with Crippen LogP contribution in [0.4, 0.5) is 5.69 Å². The molecule has 8 heteroatoms. The average Bonchev–Trinajstić information content (AvgIpc) is 3.21. The van der Waals surface area contributed by atoms with Gasteiger partial charge in [-0.05, 0) is 42.7 Å². The number of aromatic carboxylic acids is 1. The molecule has 0 bridgehead atoms. The number of amides is 1. The standard InChI is InChI=1S/C24H21Cl2NO4S/c25-15-10-11-16(17(26)12-15)23(29)27(18-8-4-5-9-20(18)28)19-13-21(32-22(19)24(30)31)14-6-2-1-3-7-14/h1-3,6-7,10-13,18,20,28H,4-5,8-9H2,(H,30,31). The molecule has 5 nitrogen and oxygen atoms in total. The maximum absolute atomic E-state index is 13.7. The second-order valence-corrected chi connectivity index (χ2v) is 9.61. The van der Waals surface area contributed by atoms with Crippen molar-refractivity contribution in [2.24, 2.45) is 0 Å². The monoisotopic (exact) mass is 489 g/mol. The Morgan fingerprint density at radius 2 is 1.72 bits per heavy atom. The van der Waals surface area contributed by atoms with E-state index in [2.05, 4.69) is 0 Å². The lowest BCUT2D eigenvalue weighted by Crippen LogP contribution is -2.49. The van der Waals surface area contributed by atoms with Crippen LogP contribution >= 0.6 is 34.5 Å². The van der Waals surface area contributed by atoms with Gasteiger partial charge in [0.05, 0.1) is 28.4 Å². The third kappa shape index (κ3) is 4.55. The zero-order chi connectivity index (χ0) is 22.8. The van der Waals surface area contributed by atoms with Gasteiger partial charge in [-0.2, -0.15) is 0 Å². The molecule has 2 aromatic carbocycles. The van der Waals surface area contributed by atoms with Crippen LogP contribution in [0.25, 0.3) is 10.4 Å². The fraction of sp³-hybridized carbons (Fsp3) is 0.250. The lowest BCUT2D eigenvalue weighted by Gasteiger charge is -2.37. The number of halogens is 2. The summed E-state index contributed by atoms with van der Waals surface area (Å²) in [6.45, 7) is 0. The summed E-state index contributed by atoms with van der Waals surface area (Å²) in [5.74, 6) is -1.59. The molecule has 1 aromatic heterocycles. The molecule has 3 aromatic rings. The van der Waals surface area contributed by atoms with Crippen molar-refractivity contribution in [1.82, 2.24) is 0 Å². The van der Waals surface area contributed by atoms with Gasteiger partial charge in [0, 0.05) is 9.90 Å². The van der Waals surface area contributed by atoms with E-state index in [1.54, 1.807) is 12.1 Å². The van der Waals surface area contributed by atoms with Crippen LogP contribution < -0.4 is 4.90 Å². The van der Waals surface area contributed by atoms with Crippen LogP contribution in [0.2, 0.25) is 10.0 Å². The summed E-state index contributed by atoms with van der Waals surface area (Å²) < 4.78 is 0. The van der Waals surface area contributed by atoms with Gasteiger partial charge in [0.1, 0.15) is 4.88 Å². The molecular weight excluding hydrogens is 469 g/mol. The first-order valence-electron chi connectivity index (χ1n) is 10.3. The lowest BCUT2D eigenvalue weighted by molar-refractivity contribution is 0.0700. The number of nitrogens with zero attached hydrogens (tertiary/aromatic N) is 1. The van der Waals surface area contributed by atoms with Crippen LogP contribution in [0.3, 0.4) is 0 Å². The summed E-state index contributed by atoms with van der Waals surface area (Å²) in [5.41, 5.74) is 1.33. The van der Waals surface area contributed by atoms with Crippen molar-refractivity contribution in [3.63, 3.8) is 0 Å². The van der Waals surface area contributed by atoms with Gasteiger partial charge in [0.2, 0.25) is 0 Å². The van der Waals surface area contributed by atoms with Gasteiger partial charge >= 0.3 is 5.97 Å². The van der Waals surface area contributed by atoms with Crippen molar-refractivity contribution in [2.75, 3.05) is 4.90 Å². The number of hydrogen-bond acceptors (Lipinski definition) is 4. The van der Waals surface area contributed by atoms with E-state index in [4.69, 9.17) is 23.2 Å². The Bertz CT molecular complexity index is 1150. The molecule has 1 aliphatic rings. The molecular formula is C24H21Cl2NO4S. The minimum atomic E-state index is -1.13. The summed E-state index contributed by atoms with van der Waals surface area (Å²) in [4.78, 5) is 28.1. The first-order valence-corrected chi connectivity index (χ1v) is 11.8. The average molecular weight is 490 g/mol. The smallest absolute Gasteiger partial charge is 0.348 e. The predicted octanol–water partition coefficient (Wildman–Crippen LogP) is 6.37. The van der Waals surface area contributed by atoms with Gasteiger partial charge < -0.3 is 15.1 Å². The molecule has 1 fully saturated rings. The van der Waals surface area contributed by atoms with Crippen LogP contribution in [-0.2, 0) is 0 Å². The number of hydrogen-bond donors (Lipinski definition) is 2. The molecule has 1 saturated carbocycles. The minimum Gasteiger partial charge on any atom is -0.477 e. The number of carboxylic acid groups (broad SMARTS) is 1. The Morgan fingerprint density at radius 1 is 1.00 bits per heavy atom. The molecule has 2 unspecified atom stereocenters. The van der Waals surface area contributed by atoms with Crippen LogP contribution in [0.1, 0.15) is 45.7 Å². The van der Waals surface area contributed by atoms with Gasteiger partial charge in [0.15, 0.2) is 0 Å². The molecule has 2 atom stereocenters. The van der Waals surface area contributed by atoms with E-state index >= 15 is 0 Å².